The highest BCUT2D eigenvalue weighted by Crippen LogP contribution is 2.17. The predicted molar refractivity (Wildman–Crippen MR) is 61.0 cm³/mol. The van der Waals surface area contributed by atoms with E-state index in [1.165, 1.54) is 0 Å². The molecule has 14 heavy (non-hydrogen) atoms. The Bertz CT molecular complexity index is 117. The van der Waals surface area contributed by atoms with Crippen LogP contribution in [0.25, 0.3) is 0 Å². The van der Waals surface area contributed by atoms with Crippen molar-refractivity contribution >= 4 is 18.6 Å². The zero-order valence-corrected chi connectivity index (χ0v) is 11.8. The Balaban J connectivity index is 4.21. The summed E-state index contributed by atoms with van der Waals surface area (Å²) in [5.41, 5.74) is 0. The lowest BCUT2D eigenvalue weighted by Gasteiger charge is -2.28. The van der Waals surface area contributed by atoms with Gasteiger partial charge in [0.2, 0.25) is 0 Å². The first-order valence-corrected chi connectivity index (χ1v) is 8.83. The highest BCUT2D eigenvalue weighted by Gasteiger charge is 2.39. The first-order chi connectivity index (χ1) is 6.74. The molecule has 6 heteroatoms. The highest BCUT2D eigenvalue weighted by molar-refractivity contribution is 6.61. The van der Waals surface area contributed by atoms with Gasteiger partial charge >= 0.3 is 8.80 Å². The van der Waals surface area contributed by atoms with Crippen LogP contribution in [0.1, 0.15) is 20.8 Å². The molecule has 0 aliphatic heterocycles. The van der Waals surface area contributed by atoms with Crippen molar-refractivity contribution in [2.45, 2.75) is 32.9 Å². The van der Waals surface area contributed by atoms with Crippen molar-refractivity contribution in [3.63, 3.8) is 0 Å². The summed E-state index contributed by atoms with van der Waals surface area (Å²) in [5, 5.41) is 0. The minimum atomic E-state index is -2.44. The van der Waals surface area contributed by atoms with Crippen LogP contribution in [-0.4, -0.2) is 43.2 Å². The van der Waals surface area contributed by atoms with Gasteiger partial charge in [-0.2, -0.15) is 0 Å². The maximum atomic E-state index is 8.93. The van der Waals surface area contributed by atoms with Crippen LogP contribution in [0.2, 0.25) is 12.1 Å². The fourth-order valence-electron chi connectivity index (χ4n) is 1.30. The van der Waals surface area contributed by atoms with E-state index in [9.17, 15) is 0 Å². The maximum absolute atomic E-state index is 8.93. The fourth-order valence-corrected chi connectivity index (χ4v) is 5.66. The van der Waals surface area contributed by atoms with Crippen molar-refractivity contribution in [3.05, 3.63) is 0 Å². The summed E-state index contributed by atoms with van der Waals surface area (Å²) in [6, 6.07) is 1.57. The van der Waals surface area contributed by atoms with E-state index in [4.69, 9.17) is 18.1 Å². The van der Waals surface area contributed by atoms with Crippen molar-refractivity contribution < 1.29 is 18.1 Å². The molecule has 0 aromatic rings. The second kappa shape index (κ2) is 8.57. The van der Waals surface area contributed by atoms with E-state index < -0.39 is 18.6 Å². The van der Waals surface area contributed by atoms with Gasteiger partial charge in [0.05, 0.1) is 0 Å². The van der Waals surface area contributed by atoms with Crippen LogP contribution >= 0.6 is 0 Å². The molecule has 0 saturated heterocycles. The Morgan fingerprint density at radius 2 is 1.43 bits per heavy atom. The molecule has 0 rings (SSSR count). The Hall–Kier alpha value is 0.274. The van der Waals surface area contributed by atoms with Gasteiger partial charge in [0.1, 0.15) is 0 Å². The molecule has 0 bridgehead atoms. The molecule has 0 aliphatic carbocycles. The summed E-state index contributed by atoms with van der Waals surface area (Å²) in [7, 11) is -3.36. The average molecular weight is 238 g/mol. The third-order valence-corrected chi connectivity index (χ3v) is 6.26. The second-order valence-corrected chi connectivity index (χ2v) is 6.70. The van der Waals surface area contributed by atoms with Crippen LogP contribution in [0.4, 0.5) is 0 Å². The molecule has 0 unspecified atom stereocenters. The van der Waals surface area contributed by atoms with Gasteiger partial charge in [0.15, 0.2) is 9.76 Å². The van der Waals surface area contributed by atoms with Crippen LogP contribution < -0.4 is 0 Å². The Labute approximate surface area is 89.9 Å². The molecule has 0 saturated carbocycles. The van der Waals surface area contributed by atoms with Gasteiger partial charge in [-0.3, -0.25) is 0 Å². The first kappa shape index (κ1) is 14.3. The standard InChI is InChI=1S/C8H22O4Si2/c1-4-10-14(11-5-2,12-6-3)8-7-13-9/h9H,4-8,13H2,1-3H3. The van der Waals surface area contributed by atoms with Crippen LogP contribution in [0.3, 0.4) is 0 Å². The van der Waals surface area contributed by atoms with Crippen LogP contribution in [0.15, 0.2) is 0 Å². The van der Waals surface area contributed by atoms with Gasteiger partial charge in [0, 0.05) is 25.9 Å². The van der Waals surface area contributed by atoms with E-state index in [0.717, 1.165) is 12.1 Å². The van der Waals surface area contributed by atoms with Crippen LogP contribution in [0, 0.1) is 0 Å². The molecule has 0 aromatic heterocycles. The van der Waals surface area contributed by atoms with E-state index in [1.54, 1.807) is 0 Å². The lowest BCUT2D eigenvalue weighted by Crippen LogP contribution is -2.46. The van der Waals surface area contributed by atoms with Gasteiger partial charge in [0.25, 0.3) is 0 Å². The Morgan fingerprint density at radius 3 is 1.71 bits per heavy atom. The predicted octanol–water partition coefficient (Wildman–Crippen LogP) is 0.529. The van der Waals surface area contributed by atoms with Crippen molar-refractivity contribution in [2.75, 3.05) is 19.8 Å². The minimum Gasteiger partial charge on any atom is -0.438 e. The molecule has 4 nitrogen and oxygen atoms in total. The van der Waals surface area contributed by atoms with Crippen LogP contribution in [-0.2, 0) is 13.3 Å². The largest absolute Gasteiger partial charge is 0.500 e. The SMILES string of the molecule is CCO[Si](CC[SiH2]O)(OCC)OCC. The number of rotatable bonds is 9. The molecular formula is C8H22O4Si2. The molecule has 0 aliphatic rings. The van der Waals surface area contributed by atoms with Crippen molar-refractivity contribution in [2.24, 2.45) is 0 Å². The van der Waals surface area contributed by atoms with Gasteiger partial charge in [-0.1, -0.05) is 0 Å². The molecule has 86 valence electrons. The van der Waals surface area contributed by atoms with Gasteiger partial charge < -0.3 is 18.1 Å². The second-order valence-electron chi connectivity index (χ2n) is 2.81. The van der Waals surface area contributed by atoms with Gasteiger partial charge in [-0.15, -0.1) is 0 Å². The molecule has 0 aromatic carbocycles. The zero-order chi connectivity index (χ0) is 10.9. The normalized spacial score (nSPS) is 12.9. The number of hydrogen-bond donors (Lipinski definition) is 1. The lowest BCUT2D eigenvalue weighted by molar-refractivity contribution is 0.0724. The Kier molecular flexibility index (Phi) is 8.74. The minimum absolute atomic E-state index is 0.610. The van der Waals surface area contributed by atoms with Crippen molar-refractivity contribution in [3.8, 4) is 0 Å². The fraction of sp³-hybridized carbons (Fsp3) is 1.00. The molecule has 0 amide bonds. The quantitative estimate of drug-likeness (QED) is 0.595. The summed E-state index contributed by atoms with van der Waals surface area (Å²) in [6.45, 7) is 7.65. The van der Waals surface area contributed by atoms with Gasteiger partial charge in [-0.25, -0.2) is 0 Å². The van der Waals surface area contributed by atoms with Gasteiger partial charge in [-0.05, 0) is 26.8 Å². The molecule has 0 radical (unpaired) electrons. The molecular weight excluding hydrogens is 216 g/mol. The third kappa shape index (κ3) is 5.23. The topological polar surface area (TPSA) is 47.9 Å². The van der Waals surface area contributed by atoms with E-state index in [2.05, 4.69) is 0 Å². The first-order valence-electron chi connectivity index (χ1n) is 5.27. The lowest BCUT2D eigenvalue weighted by atomic mass is 10.9. The summed E-state index contributed by atoms with van der Waals surface area (Å²) in [5.74, 6) is 0. The molecule has 0 spiro atoms. The van der Waals surface area contributed by atoms with E-state index in [-0.39, 0.29) is 0 Å². The summed E-state index contributed by atoms with van der Waals surface area (Å²) in [6.07, 6.45) is 0. The molecule has 0 atom stereocenters. The molecule has 0 heterocycles. The summed E-state index contributed by atoms with van der Waals surface area (Å²) < 4.78 is 16.9. The maximum Gasteiger partial charge on any atom is 0.500 e. The summed E-state index contributed by atoms with van der Waals surface area (Å²) >= 11 is 0. The van der Waals surface area contributed by atoms with Crippen molar-refractivity contribution in [1.82, 2.24) is 0 Å². The molecule has 0 fully saturated rings. The monoisotopic (exact) mass is 238 g/mol. The van der Waals surface area contributed by atoms with Crippen molar-refractivity contribution in [1.29, 1.82) is 0 Å². The van der Waals surface area contributed by atoms with Crippen LogP contribution in [0.5, 0.6) is 0 Å². The van der Waals surface area contributed by atoms with E-state index >= 15 is 0 Å². The molecule has 1 N–H and O–H groups in total. The third-order valence-electron chi connectivity index (χ3n) is 1.73. The zero-order valence-electron chi connectivity index (χ0n) is 9.41. The average Bonchev–Trinajstić information content (AvgIpc) is 2.16. The Morgan fingerprint density at radius 1 is 1.00 bits per heavy atom. The van der Waals surface area contributed by atoms with E-state index in [0.29, 0.717) is 19.8 Å². The smallest absolute Gasteiger partial charge is 0.438 e. The van der Waals surface area contributed by atoms with E-state index in [1.807, 2.05) is 20.8 Å². The summed E-state index contributed by atoms with van der Waals surface area (Å²) in [4.78, 5) is 8.93. The number of hydrogen-bond acceptors (Lipinski definition) is 4. The highest BCUT2D eigenvalue weighted by atomic mass is 28.4.